The Hall–Kier alpha value is -4.01. The molecule has 3 aromatic rings. The lowest BCUT2D eigenvalue weighted by molar-refractivity contribution is -0.105. The van der Waals surface area contributed by atoms with Crippen molar-refractivity contribution in [2.45, 2.75) is 20.8 Å². The molecular formula is C25H28FN5O3. The fourth-order valence-corrected chi connectivity index (χ4v) is 3.74. The first-order chi connectivity index (χ1) is 16.5. The van der Waals surface area contributed by atoms with Crippen LogP contribution in [0.2, 0.25) is 0 Å². The number of aromatic nitrogens is 2. The standard InChI is InChI=1S/C23H22FN5O3.C2H6/c1-16-2-4-18(20(24)12-16)17-3-5-21(26-15-30)19(13-17)22(31)27-8-10-28(11-9-27)23(32)29-7-6-25-14-29;1-2/h2-7,12-15H,8-11H2,1H3,(H,26,30);1-2H3. The lowest BCUT2D eigenvalue weighted by atomic mass is 9.99. The molecule has 9 heteroatoms. The van der Waals surface area contributed by atoms with Crippen LogP contribution in [0.1, 0.15) is 29.8 Å². The molecule has 0 saturated carbocycles. The Balaban J connectivity index is 0.00000158. The Morgan fingerprint density at radius 3 is 2.35 bits per heavy atom. The molecule has 34 heavy (non-hydrogen) atoms. The van der Waals surface area contributed by atoms with Crippen molar-refractivity contribution in [3.63, 3.8) is 0 Å². The molecule has 0 spiro atoms. The molecule has 1 saturated heterocycles. The molecule has 0 aliphatic carbocycles. The normalized spacial score (nSPS) is 13.1. The number of aryl methyl sites for hydroxylation is 1. The van der Waals surface area contributed by atoms with Gasteiger partial charge in [-0.3, -0.25) is 14.2 Å². The van der Waals surface area contributed by atoms with E-state index in [-0.39, 0.29) is 23.3 Å². The highest BCUT2D eigenvalue weighted by Gasteiger charge is 2.27. The Labute approximate surface area is 198 Å². The molecule has 4 rings (SSSR count). The predicted octanol–water partition coefficient (Wildman–Crippen LogP) is 4.02. The van der Waals surface area contributed by atoms with Crippen LogP contribution in [0, 0.1) is 12.7 Å². The summed E-state index contributed by atoms with van der Waals surface area (Å²) in [6.45, 7) is 7.21. The van der Waals surface area contributed by atoms with Crippen molar-refractivity contribution in [2.75, 3.05) is 31.5 Å². The van der Waals surface area contributed by atoms with Gasteiger partial charge in [0.1, 0.15) is 12.1 Å². The number of hydrogen-bond acceptors (Lipinski definition) is 4. The number of piperazine rings is 1. The summed E-state index contributed by atoms with van der Waals surface area (Å²) >= 11 is 0. The summed E-state index contributed by atoms with van der Waals surface area (Å²) < 4.78 is 15.9. The third-order valence-electron chi connectivity index (χ3n) is 5.46. The Morgan fingerprint density at radius 1 is 1.03 bits per heavy atom. The van der Waals surface area contributed by atoms with Crippen molar-refractivity contribution in [1.29, 1.82) is 0 Å². The number of carbonyl (C=O) groups is 3. The first-order valence-electron chi connectivity index (χ1n) is 11.1. The zero-order chi connectivity index (χ0) is 24.7. The van der Waals surface area contributed by atoms with Crippen LogP contribution in [0.3, 0.4) is 0 Å². The van der Waals surface area contributed by atoms with Crippen LogP contribution in [0.25, 0.3) is 11.1 Å². The van der Waals surface area contributed by atoms with Gasteiger partial charge in [-0.05, 0) is 36.2 Å². The van der Waals surface area contributed by atoms with E-state index >= 15 is 0 Å². The van der Waals surface area contributed by atoms with Crippen molar-refractivity contribution in [3.8, 4) is 11.1 Å². The fraction of sp³-hybridized carbons (Fsp3) is 0.280. The zero-order valence-corrected chi connectivity index (χ0v) is 19.5. The Morgan fingerprint density at radius 2 is 1.74 bits per heavy atom. The number of hydrogen-bond donors (Lipinski definition) is 1. The number of rotatable bonds is 4. The molecule has 2 heterocycles. The second-order valence-electron chi connectivity index (χ2n) is 7.54. The third kappa shape index (κ3) is 5.31. The summed E-state index contributed by atoms with van der Waals surface area (Å²) in [5, 5.41) is 2.55. The van der Waals surface area contributed by atoms with Crippen molar-refractivity contribution < 1.29 is 18.8 Å². The van der Waals surface area contributed by atoms with Gasteiger partial charge in [-0.15, -0.1) is 0 Å². The lowest BCUT2D eigenvalue weighted by Gasteiger charge is -2.35. The molecule has 2 aromatic carbocycles. The summed E-state index contributed by atoms with van der Waals surface area (Å²) in [4.78, 5) is 44.0. The number of anilines is 1. The van der Waals surface area contributed by atoms with Crippen LogP contribution >= 0.6 is 0 Å². The van der Waals surface area contributed by atoms with Crippen molar-refractivity contribution in [1.82, 2.24) is 19.4 Å². The molecule has 1 aromatic heterocycles. The maximum absolute atomic E-state index is 14.5. The van der Waals surface area contributed by atoms with E-state index in [0.717, 1.165) is 5.56 Å². The van der Waals surface area contributed by atoms with Crippen LogP contribution in [-0.2, 0) is 4.79 Å². The zero-order valence-electron chi connectivity index (χ0n) is 19.5. The van der Waals surface area contributed by atoms with E-state index in [1.165, 1.54) is 23.2 Å². The second-order valence-corrected chi connectivity index (χ2v) is 7.54. The van der Waals surface area contributed by atoms with E-state index in [4.69, 9.17) is 0 Å². The van der Waals surface area contributed by atoms with E-state index in [1.54, 1.807) is 53.3 Å². The van der Waals surface area contributed by atoms with Crippen molar-refractivity contribution in [2.24, 2.45) is 0 Å². The largest absolute Gasteiger partial charge is 0.335 e. The van der Waals surface area contributed by atoms with E-state index in [1.807, 2.05) is 13.8 Å². The number of benzene rings is 2. The highest BCUT2D eigenvalue weighted by atomic mass is 19.1. The highest BCUT2D eigenvalue weighted by Crippen LogP contribution is 2.29. The number of halogens is 1. The van der Waals surface area contributed by atoms with Gasteiger partial charge in [0.15, 0.2) is 0 Å². The van der Waals surface area contributed by atoms with Gasteiger partial charge in [0.25, 0.3) is 5.91 Å². The van der Waals surface area contributed by atoms with E-state index < -0.39 is 0 Å². The summed E-state index contributed by atoms with van der Waals surface area (Å²) in [5.41, 5.74) is 2.32. The maximum atomic E-state index is 14.5. The predicted molar refractivity (Wildman–Crippen MR) is 128 cm³/mol. The molecule has 0 bridgehead atoms. The maximum Gasteiger partial charge on any atom is 0.329 e. The van der Waals surface area contributed by atoms with Gasteiger partial charge in [0.05, 0.1) is 11.3 Å². The Kier molecular flexibility index (Phi) is 8.13. The molecule has 3 amide bonds. The van der Waals surface area contributed by atoms with Crippen molar-refractivity contribution >= 4 is 24.0 Å². The summed E-state index contributed by atoms with van der Waals surface area (Å²) in [6.07, 6.45) is 5.04. The van der Waals surface area contributed by atoms with Gasteiger partial charge in [-0.1, -0.05) is 32.0 Å². The fourth-order valence-electron chi connectivity index (χ4n) is 3.74. The SMILES string of the molecule is CC.Cc1ccc(-c2ccc(NC=O)c(C(=O)N3CCN(C(=O)n4ccnc4)CC3)c2)c(F)c1. The van der Waals surface area contributed by atoms with Gasteiger partial charge >= 0.3 is 6.03 Å². The minimum Gasteiger partial charge on any atom is -0.335 e. The van der Waals surface area contributed by atoms with E-state index in [2.05, 4.69) is 10.3 Å². The number of carbonyl (C=O) groups excluding carboxylic acids is 3. The van der Waals surface area contributed by atoms with Gasteiger partial charge < -0.3 is 15.1 Å². The Bertz CT molecular complexity index is 1160. The van der Waals surface area contributed by atoms with Crippen LogP contribution in [0.15, 0.2) is 55.1 Å². The summed E-state index contributed by atoms with van der Waals surface area (Å²) in [6, 6.07) is 9.55. The number of nitrogens with zero attached hydrogens (tertiary/aromatic N) is 4. The quantitative estimate of drug-likeness (QED) is 0.590. The minimum absolute atomic E-state index is 0.199. The molecule has 1 N–H and O–H groups in total. The monoisotopic (exact) mass is 465 g/mol. The first kappa shape index (κ1) is 24.6. The summed E-state index contributed by atoms with van der Waals surface area (Å²) in [7, 11) is 0. The molecule has 0 unspecified atom stereocenters. The average Bonchev–Trinajstić information content (AvgIpc) is 3.40. The molecular weight excluding hydrogens is 437 g/mol. The van der Waals surface area contributed by atoms with Gasteiger partial charge in [0, 0.05) is 44.1 Å². The smallest absolute Gasteiger partial charge is 0.329 e. The number of amides is 3. The summed E-state index contributed by atoms with van der Waals surface area (Å²) in [5.74, 6) is -0.676. The molecule has 1 aliphatic heterocycles. The molecule has 1 fully saturated rings. The number of imidazole rings is 1. The third-order valence-corrected chi connectivity index (χ3v) is 5.46. The highest BCUT2D eigenvalue weighted by molar-refractivity contribution is 6.02. The van der Waals surface area contributed by atoms with Gasteiger partial charge in [0.2, 0.25) is 6.41 Å². The number of nitrogens with one attached hydrogen (secondary N) is 1. The molecule has 0 atom stereocenters. The molecule has 8 nitrogen and oxygen atoms in total. The van der Waals surface area contributed by atoms with Crippen LogP contribution < -0.4 is 5.32 Å². The lowest BCUT2D eigenvalue weighted by Crippen LogP contribution is -2.51. The van der Waals surface area contributed by atoms with Crippen LogP contribution in [0.4, 0.5) is 14.9 Å². The second kappa shape index (κ2) is 11.2. The van der Waals surface area contributed by atoms with Crippen LogP contribution in [-0.4, -0.2) is 63.9 Å². The molecule has 178 valence electrons. The van der Waals surface area contributed by atoms with Crippen molar-refractivity contribution in [3.05, 3.63) is 72.1 Å². The average molecular weight is 466 g/mol. The topological polar surface area (TPSA) is 87.5 Å². The minimum atomic E-state index is -0.383. The van der Waals surface area contributed by atoms with Gasteiger partial charge in [-0.25, -0.2) is 14.2 Å². The van der Waals surface area contributed by atoms with Crippen LogP contribution in [0.5, 0.6) is 0 Å². The first-order valence-corrected chi connectivity index (χ1v) is 11.1. The van der Waals surface area contributed by atoms with Gasteiger partial charge in [-0.2, -0.15) is 0 Å². The molecule has 1 aliphatic rings. The van der Waals surface area contributed by atoms with E-state index in [0.29, 0.717) is 49.4 Å². The molecule has 0 radical (unpaired) electrons. The van der Waals surface area contributed by atoms with E-state index in [9.17, 15) is 18.8 Å².